The zero-order chi connectivity index (χ0) is 19.7. The number of aromatic nitrogens is 2. The topological polar surface area (TPSA) is 61.3 Å². The number of fused-ring (bicyclic) bond motifs is 1. The van der Waals surface area contributed by atoms with E-state index < -0.39 is 0 Å². The molecule has 0 bridgehead atoms. The summed E-state index contributed by atoms with van der Waals surface area (Å²) in [6.45, 7) is 4.72. The lowest BCUT2D eigenvalue weighted by Crippen LogP contribution is -2.35. The first kappa shape index (κ1) is 18.4. The number of hydrogen-bond donors (Lipinski definition) is 2. The van der Waals surface area contributed by atoms with Gasteiger partial charge in [0.05, 0.1) is 18.3 Å². The zero-order valence-corrected chi connectivity index (χ0v) is 16.0. The highest BCUT2D eigenvalue weighted by Gasteiger charge is 2.27. The number of benzene rings is 2. The summed E-state index contributed by atoms with van der Waals surface area (Å²) in [5.74, 6) is 0.878. The van der Waals surface area contributed by atoms with E-state index >= 15 is 0 Å². The fourth-order valence-corrected chi connectivity index (χ4v) is 3.78. The van der Waals surface area contributed by atoms with Gasteiger partial charge in [0.15, 0.2) is 0 Å². The van der Waals surface area contributed by atoms with Gasteiger partial charge in [-0.3, -0.25) is 0 Å². The van der Waals surface area contributed by atoms with Crippen molar-refractivity contribution in [1.29, 1.82) is 0 Å². The van der Waals surface area contributed by atoms with Crippen LogP contribution in [0.5, 0.6) is 0 Å². The highest BCUT2D eigenvalue weighted by molar-refractivity contribution is 5.59. The van der Waals surface area contributed by atoms with Crippen LogP contribution < -0.4 is 10.2 Å². The van der Waals surface area contributed by atoms with Gasteiger partial charge in [0.2, 0.25) is 5.95 Å². The average Bonchev–Trinajstić information content (AvgIpc) is 2.70. The Hall–Kier alpha value is -2.99. The summed E-state index contributed by atoms with van der Waals surface area (Å²) in [7, 11) is 0. The minimum absolute atomic E-state index is 0.122. The Morgan fingerprint density at radius 2 is 1.89 bits per heavy atom. The van der Waals surface area contributed by atoms with Crippen LogP contribution in [0.1, 0.15) is 35.3 Å². The van der Waals surface area contributed by atoms with Crippen molar-refractivity contribution in [2.24, 2.45) is 0 Å². The van der Waals surface area contributed by atoms with Crippen LogP contribution in [-0.2, 0) is 13.0 Å². The summed E-state index contributed by atoms with van der Waals surface area (Å²) >= 11 is 0. The highest BCUT2D eigenvalue weighted by atomic mass is 19.1. The Balaban J connectivity index is 1.71. The van der Waals surface area contributed by atoms with Crippen molar-refractivity contribution in [3.8, 4) is 0 Å². The summed E-state index contributed by atoms with van der Waals surface area (Å²) < 4.78 is 13.2. The molecule has 0 fully saturated rings. The third kappa shape index (κ3) is 3.43. The first-order chi connectivity index (χ1) is 13.6. The molecule has 1 atom stereocenters. The first-order valence-electron chi connectivity index (χ1n) is 9.42. The number of hydrogen-bond acceptors (Lipinski definition) is 5. The van der Waals surface area contributed by atoms with E-state index in [2.05, 4.69) is 46.4 Å². The van der Waals surface area contributed by atoms with Gasteiger partial charge >= 0.3 is 0 Å². The lowest BCUT2D eigenvalue weighted by atomic mass is 9.93. The number of halogens is 1. The van der Waals surface area contributed by atoms with Gasteiger partial charge < -0.3 is 15.3 Å². The maximum absolute atomic E-state index is 13.2. The molecule has 1 aliphatic heterocycles. The van der Waals surface area contributed by atoms with Gasteiger partial charge in [0, 0.05) is 17.8 Å². The second kappa shape index (κ2) is 7.56. The number of nitrogens with one attached hydrogen (secondary N) is 1. The molecule has 2 aromatic carbocycles. The number of anilines is 3. The van der Waals surface area contributed by atoms with Crippen molar-refractivity contribution in [1.82, 2.24) is 9.97 Å². The summed E-state index contributed by atoms with van der Waals surface area (Å²) in [4.78, 5) is 11.4. The Kier molecular flexibility index (Phi) is 4.96. The molecule has 4 rings (SSSR count). The summed E-state index contributed by atoms with van der Waals surface area (Å²) in [5.41, 5.74) is 4.80. The van der Waals surface area contributed by atoms with Crippen LogP contribution in [0.4, 0.5) is 21.8 Å². The lowest BCUT2D eigenvalue weighted by Gasteiger charge is -2.37. The maximum atomic E-state index is 13.2. The predicted octanol–water partition coefficient (Wildman–Crippen LogP) is 4.28. The largest absolute Gasteiger partial charge is 0.391 e. The van der Waals surface area contributed by atoms with Crippen molar-refractivity contribution >= 4 is 17.5 Å². The molecule has 0 spiro atoms. The predicted molar refractivity (Wildman–Crippen MR) is 108 cm³/mol. The SMILES string of the molecule is Cc1nc(Nc2ccc(F)cc2)nc(N2CCc3ccccc3C2C)c1CO. The Bertz CT molecular complexity index is 990. The maximum Gasteiger partial charge on any atom is 0.229 e. The quantitative estimate of drug-likeness (QED) is 0.709. The molecule has 0 saturated heterocycles. The molecule has 1 aromatic heterocycles. The van der Waals surface area contributed by atoms with E-state index in [4.69, 9.17) is 4.98 Å². The molecule has 1 aliphatic rings. The molecule has 0 amide bonds. The average molecular weight is 378 g/mol. The fourth-order valence-electron chi connectivity index (χ4n) is 3.78. The summed E-state index contributed by atoms with van der Waals surface area (Å²) in [5, 5.41) is 13.1. The van der Waals surface area contributed by atoms with Gasteiger partial charge in [-0.2, -0.15) is 4.98 Å². The van der Waals surface area contributed by atoms with Gasteiger partial charge in [-0.25, -0.2) is 9.37 Å². The second-order valence-corrected chi connectivity index (χ2v) is 7.04. The highest BCUT2D eigenvalue weighted by Crippen LogP contribution is 2.35. The van der Waals surface area contributed by atoms with Crippen LogP contribution in [0, 0.1) is 12.7 Å². The molecule has 1 unspecified atom stereocenters. The number of nitrogens with zero attached hydrogens (tertiary/aromatic N) is 3. The molecule has 5 nitrogen and oxygen atoms in total. The monoisotopic (exact) mass is 378 g/mol. The molecule has 2 N–H and O–H groups in total. The van der Waals surface area contributed by atoms with Crippen LogP contribution in [0.2, 0.25) is 0 Å². The minimum atomic E-state index is -0.292. The van der Waals surface area contributed by atoms with Crippen molar-refractivity contribution < 1.29 is 9.50 Å². The third-order valence-electron chi connectivity index (χ3n) is 5.32. The van der Waals surface area contributed by atoms with E-state index in [0.717, 1.165) is 30.0 Å². The Morgan fingerprint density at radius 1 is 1.14 bits per heavy atom. The molecular weight excluding hydrogens is 355 g/mol. The van der Waals surface area contributed by atoms with Crippen LogP contribution in [0.15, 0.2) is 48.5 Å². The third-order valence-corrected chi connectivity index (χ3v) is 5.32. The van der Waals surface area contributed by atoms with Crippen LogP contribution in [0.25, 0.3) is 0 Å². The minimum Gasteiger partial charge on any atom is -0.391 e. The van der Waals surface area contributed by atoms with Gasteiger partial charge in [-0.05, 0) is 55.7 Å². The molecule has 3 aromatic rings. The van der Waals surface area contributed by atoms with Crippen LogP contribution in [0.3, 0.4) is 0 Å². The van der Waals surface area contributed by atoms with Crippen molar-refractivity contribution in [3.63, 3.8) is 0 Å². The molecule has 2 heterocycles. The summed E-state index contributed by atoms with van der Waals surface area (Å²) in [6.07, 6.45) is 0.926. The van der Waals surface area contributed by atoms with E-state index in [-0.39, 0.29) is 18.5 Å². The molecule has 0 aliphatic carbocycles. The van der Waals surface area contributed by atoms with Gasteiger partial charge in [-0.15, -0.1) is 0 Å². The fraction of sp³-hybridized carbons (Fsp3) is 0.273. The van der Waals surface area contributed by atoms with Crippen molar-refractivity contribution in [3.05, 3.63) is 76.7 Å². The number of aryl methyl sites for hydroxylation is 1. The van der Waals surface area contributed by atoms with E-state index in [1.165, 1.54) is 23.3 Å². The van der Waals surface area contributed by atoms with E-state index in [9.17, 15) is 9.50 Å². The molecule has 6 heteroatoms. The molecular formula is C22H23FN4O. The molecule has 144 valence electrons. The van der Waals surface area contributed by atoms with Crippen molar-refractivity contribution in [2.75, 3.05) is 16.8 Å². The number of aliphatic hydroxyl groups excluding tert-OH is 1. The van der Waals surface area contributed by atoms with Crippen molar-refractivity contribution in [2.45, 2.75) is 32.9 Å². The van der Waals surface area contributed by atoms with E-state index in [1.54, 1.807) is 12.1 Å². The summed E-state index contributed by atoms with van der Waals surface area (Å²) in [6, 6.07) is 14.7. The van der Waals surface area contributed by atoms with Gasteiger partial charge in [0.1, 0.15) is 11.6 Å². The standard InChI is InChI=1S/C22H23FN4O/c1-14-20(13-28)21(26-22(24-14)25-18-9-7-17(23)8-10-18)27-12-11-16-5-3-4-6-19(16)15(27)2/h3-10,15,28H,11-13H2,1-2H3,(H,24,25,26). The zero-order valence-electron chi connectivity index (χ0n) is 16.0. The van der Waals surface area contributed by atoms with Gasteiger partial charge in [-0.1, -0.05) is 24.3 Å². The van der Waals surface area contributed by atoms with E-state index in [0.29, 0.717) is 11.6 Å². The normalized spacial score (nSPS) is 16.0. The lowest BCUT2D eigenvalue weighted by molar-refractivity contribution is 0.280. The van der Waals surface area contributed by atoms with Crippen LogP contribution in [-0.4, -0.2) is 21.6 Å². The molecule has 28 heavy (non-hydrogen) atoms. The number of aliphatic hydroxyl groups is 1. The molecule has 0 radical (unpaired) electrons. The second-order valence-electron chi connectivity index (χ2n) is 7.04. The molecule has 0 saturated carbocycles. The Labute approximate surface area is 163 Å². The smallest absolute Gasteiger partial charge is 0.229 e. The van der Waals surface area contributed by atoms with Crippen LogP contribution >= 0.6 is 0 Å². The Morgan fingerprint density at radius 3 is 2.64 bits per heavy atom. The first-order valence-corrected chi connectivity index (χ1v) is 9.42. The van der Waals surface area contributed by atoms with E-state index in [1.807, 2.05) is 6.92 Å². The van der Waals surface area contributed by atoms with Gasteiger partial charge in [0.25, 0.3) is 0 Å². The number of rotatable bonds is 4.